The lowest BCUT2D eigenvalue weighted by molar-refractivity contribution is 0.0600. The van der Waals surface area contributed by atoms with E-state index in [4.69, 9.17) is 0 Å². The smallest absolute Gasteiger partial charge is 0.215 e. The zero-order chi connectivity index (χ0) is 13.8. The Balaban J connectivity index is 2.64. The fourth-order valence-electron chi connectivity index (χ4n) is 2.26. The highest BCUT2D eigenvalue weighted by Gasteiger charge is 2.29. The van der Waals surface area contributed by atoms with Crippen molar-refractivity contribution in [1.29, 1.82) is 0 Å². The van der Waals surface area contributed by atoms with Gasteiger partial charge >= 0.3 is 0 Å². The average Bonchev–Trinajstić information content (AvgIpc) is 2.25. The molecular weight excluding hydrogens is 252 g/mol. The molecule has 0 aromatic heterocycles. The molecule has 0 bridgehead atoms. The topological polar surface area (TPSA) is 69.6 Å². The van der Waals surface area contributed by atoms with Gasteiger partial charge in [0.1, 0.15) is 0 Å². The Morgan fingerprint density at radius 2 is 2.06 bits per heavy atom. The van der Waals surface area contributed by atoms with Gasteiger partial charge in [-0.2, -0.15) is 4.31 Å². The van der Waals surface area contributed by atoms with Gasteiger partial charge in [-0.25, -0.2) is 8.42 Å². The van der Waals surface area contributed by atoms with Crippen LogP contribution >= 0.6 is 0 Å². The molecule has 108 valence electrons. The standard InChI is InChI=1S/C12H26N2O3S/c1-4-14(10-12(2,3)15)18(16,17)9-11-7-5-6-8-13-11/h11,13,15H,4-10H2,1-3H3. The largest absolute Gasteiger partial charge is 0.389 e. The number of nitrogens with one attached hydrogen (secondary N) is 1. The van der Waals surface area contributed by atoms with Crippen LogP contribution in [0.4, 0.5) is 0 Å². The average molecular weight is 278 g/mol. The number of aliphatic hydroxyl groups is 1. The Morgan fingerprint density at radius 3 is 2.50 bits per heavy atom. The molecule has 1 aliphatic rings. The summed E-state index contributed by atoms with van der Waals surface area (Å²) in [5, 5.41) is 13.0. The Hall–Kier alpha value is -0.170. The van der Waals surface area contributed by atoms with Crippen LogP contribution in [-0.2, 0) is 10.0 Å². The van der Waals surface area contributed by atoms with Gasteiger partial charge in [-0.05, 0) is 33.2 Å². The number of rotatable bonds is 6. The van der Waals surface area contributed by atoms with Crippen molar-refractivity contribution in [2.24, 2.45) is 0 Å². The molecule has 2 N–H and O–H groups in total. The van der Waals surface area contributed by atoms with Gasteiger partial charge in [0.05, 0.1) is 11.4 Å². The zero-order valence-corrected chi connectivity index (χ0v) is 12.5. The maximum absolute atomic E-state index is 12.3. The lowest BCUT2D eigenvalue weighted by atomic mass is 10.1. The van der Waals surface area contributed by atoms with Crippen molar-refractivity contribution >= 4 is 10.0 Å². The summed E-state index contributed by atoms with van der Waals surface area (Å²) >= 11 is 0. The minimum absolute atomic E-state index is 0.0552. The fourth-order valence-corrected chi connectivity index (χ4v) is 4.17. The van der Waals surface area contributed by atoms with Crippen molar-refractivity contribution in [3.05, 3.63) is 0 Å². The van der Waals surface area contributed by atoms with Crippen molar-refractivity contribution in [2.45, 2.75) is 51.7 Å². The van der Waals surface area contributed by atoms with Crippen molar-refractivity contribution < 1.29 is 13.5 Å². The molecule has 0 aromatic rings. The van der Waals surface area contributed by atoms with Crippen LogP contribution in [0.25, 0.3) is 0 Å². The Morgan fingerprint density at radius 1 is 1.39 bits per heavy atom. The summed E-state index contributed by atoms with van der Waals surface area (Å²) in [6.07, 6.45) is 3.13. The summed E-state index contributed by atoms with van der Waals surface area (Å²) in [7, 11) is -3.29. The van der Waals surface area contributed by atoms with Crippen LogP contribution in [0.5, 0.6) is 0 Å². The summed E-state index contributed by atoms with van der Waals surface area (Å²) in [4.78, 5) is 0. The minimum Gasteiger partial charge on any atom is -0.389 e. The number of hydrogen-bond donors (Lipinski definition) is 2. The molecule has 0 aliphatic carbocycles. The maximum Gasteiger partial charge on any atom is 0.215 e. The van der Waals surface area contributed by atoms with E-state index in [1.54, 1.807) is 20.8 Å². The molecule has 1 saturated heterocycles. The Labute approximate surface area is 111 Å². The molecule has 1 atom stereocenters. The van der Waals surface area contributed by atoms with E-state index >= 15 is 0 Å². The van der Waals surface area contributed by atoms with E-state index in [1.807, 2.05) is 0 Å². The highest BCUT2D eigenvalue weighted by Crippen LogP contribution is 2.14. The van der Waals surface area contributed by atoms with Crippen LogP contribution < -0.4 is 5.32 Å². The predicted molar refractivity (Wildman–Crippen MR) is 73.0 cm³/mol. The maximum atomic E-state index is 12.3. The minimum atomic E-state index is -3.29. The molecule has 0 aromatic carbocycles. The molecule has 6 heteroatoms. The molecule has 1 unspecified atom stereocenters. The molecule has 0 amide bonds. The van der Waals surface area contributed by atoms with Gasteiger partial charge < -0.3 is 10.4 Å². The SMILES string of the molecule is CCN(CC(C)(C)O)S(=O)(=O)CC1CCCCN1. The highest BCUT2D eigenvalue weighted by atomic mass is 32.2. The molecule has 1 rings (SSSR count). The molecular formula is C12H26N2O3S. The monoisotopic (exact) mass is 278 g/mol. The summed E-state index contributed by atoms with van der Waals surface area (Å²) < 4.78 is 25.9. The second-order valence-electron chi connectivity index (χ2n) is 5.66. The van der Waals surface area contributed by atoms with Gasteiger partial charge in [-0.15, -0.1) is 0 Å². The van der Waals surface area contributed by atoms with Crippen LogP contribution in [0.15, 0.2) is 0 Å². The van der Waals surface area contributed by atoms with Crippen LogP contribution in [-0.4, -0.2) is 54.9 Å². The lowest BCUT2D eigenvalue weighted by Gasteiger charge is -2.30. The quantitative estimate of drug-likeness (QED) is 0.744. The molecule has 1 heterocycles. The number of nitrogens with zero attached hydrogens (tertiary/aromatic N) is 1. The Bertz CT molecular complexity index is 343. The number of hydrogen-bond acceptors (Lipinski definition) is 4. The van der Waals surface area contributed by atoms with E-state index in [0.29, 0.717) is 6.54 Å². The van der Waals surface area contributed by atoms with Crippen molar-refractivity contribution in [1.82, 2.24) is 9.62 Å². The van der Waals surface area contributed by atoms with Crippen LogP contribution in [0.3, 0.4) is 0 Å². The third-order valence-corrected chi connectivity index (χ3v) is 5.13. The summed E-state index contributed by atoms with van der Waals surface area (Å²) in [6, 6.07) is 0.0552. The molecule has 1 fully saturated rings. The summed E-state index contributed by atoms with van der Waals surface area (Å²) in [6.45, 7) is 6.51. The second-order valence-corrected chi connectivity index (χ2v) is 7.68. The second kappa shape index (κ2) is 6.32. The van der Waals surface area contributed by atoms with Gasteiger partial charge in [0.25, 0.3) is 0 Å². The van der Waals surface area contributed by atoms with Crippen molar-refractivity contribution in [3.63, 3.8) is 0 Å². The van der Waals surface area contributed by atoms with Crippen molar-refractivity contribution in [3.8, 4) is 0 Å². The van der Waals surface area contributed by atoms with E-state index < -0.39 is 15.6 Å². The van der Waals surface area contributed by atoms with E-state index in [-0.39, 0.29) is 18.3 Å². The predicted octanol–water partition coefficient (Wildman–Crippen LogP) is 0.551. The summed E-state index contributed by atoms with van der Waals surface area (Å²) in [5.41, 5.74) is -0.997. The number of sulfonamides is 1. The van der Waals surface area contributed by atoms with Crippen molar-refractivity contribution in [2.75, 3.05) is 25.4 Å². The van der Waals surface area contributed by atoms with E-state index in [2.05, 4.69) is 5.32 Å². The molecule has 1 aliphatic heterocycles. The molecule has 0 spiro atoms. The first-order valence-electron chi connectivity index (χ1n) is 6.68. The molecule has 0 radical (unpaired) electrons. The van der Waals surface area contributed by atoms with E-state index in [0.717, 1.165) is 25.8 Å². The molecule has 0 saturated carbocycles. The summed E-state index contributed by atoms with van der Waals surface area (Å²) in [5.74, 6) is 0.136. The first-order valence-corrected chi connectivity index (χ1v) is 8.29. The fraction of sp³-hybridized carbons (Fsp3) is 1.00. The van der Waals surface area contributed by atoms with Gasteiger partial charge in [-0.1, -0.05) is 13.3 Å². The van der Waals surface area contributed by atoms with Gasteiger partial charge in [0, 0.05) is 19.1 Å². The van der Waals surface area contributed by atoms with Gasteiger partial charge in [0.15, 0.2) is 0 Å². The van der Waals surface area contributed by atoms with E-state index in [9.17, 15) is 13.5 Å². The third-order valence-electron chi connectivity index (χ3n) is 3.13. The number of piperidine rings is 1. The highest BCUT2D eigenvalue weighted by molar-refractivity contribution is 7.89. The first kappa shape index (κ1) is 15.9. The first-order chi connectivity index (χ1) is 8.24. The van der Waals surface area contributed by atoms with Gasteiger partial charge in [0.2, 0.25) is 10.0 Å². The van der Waals surface area contributed by atoms with E-state index in [1.165, 1.54) is 4.31 Å². The zero-order valence-electron chi connectivity index (χ0n) is 11.6. The van der Waals surface area contributed by atoms with Crippen LogP contribution in [0.2, 0.25) is 0 Å². The Kier molecular flexibility index (Phi) is 5.58. The lowest BCUT2D eigenvalue weighted by Crippen LogP contribution is -2.47. The number of likely N-dealkylation sites (N-methyl/N-ethyl adjacent to an activating group) is 1. The van der Waals surface area contributed by atoms with Gasteiger partial charge in [-0.3, -0.25) is 0 Å². The molecule has 18 heavy (non-hydrogen) atoms. The van der Waals surface area contributed by atoms with Crippen LogP contribution in [0, 0.1) is 0 Å². The third kappa shape index (κ3) is 5.22. The normalized spacial score (nSPS) is 22.4. The van der Waals surface area contributed by atoms with Crippen LogP contribution in [0.1, 0.15) is 40.0 Å². The molecule has 5 nitrogen and oxygen atoms in total.